The van der Waals surface area contributed by atoms with Crippen molar-refractivity contribution in [3.8, 4) is 11.1 Å². The van der Waals surface area contributed by atoms with Crippen molar-refractivity contribution in [1.82, 2.24) is 0 Å². The summed E-state index contributed by atoms with van der Waals surface area (Å²) < 4.78 is 0. The SMILES string of the molecule is CCC(=O)CCCCCCC(=O)c1ccc(-c2ccc(C)cc2)cc1. The summed E-state index contributed by atoms with van der Waals surface area (Å²) in [6.07, 6.45) is 5.81. The number of carbonyl (C=O) groups is 2. The largest absolute Gasteiger partial charge is 0.300 e. The van der Waals surface area contributed by atoms with Crippen LogP contribution in [0.2, 0.25) is 0 Å². The molecule has 0 saturated heterocycles. The van der Waals surface area contributed by atoms with Gasteiger partial charge in [0, 0.05) is 24.8 Å². The fourth-order valence-electron chi connectivity index (χ4n) is 2.88. The van der Waals surface area contributed by atoms with E-state index in [4.69, 9.17) is 0 Å². The van der Waals surface area contributed by atoms with Gasteiger partial charge >= 0.3 is 0 Å². The molecule has 2 aromatic carbocycles. The molecule has 0 aliphatic rings. The first-order chi connectivity index (χ1) is 12.1. The smallest absolute Gasteiger partial charge is 0.162 e. The molecule has 0 fully saturated rings. The molecule has 0 spiro atoms. The predicted molar refractivity (Wildman–Crippen MR) is 104 cm³/mol. The first-order valence-electron chi connectivity index (χ1n) is 9.32. The molecule has 0 saturated carbocycles. The molecule has 0 bridgehead atoms. The second-order valence-corrected chi connectivity index (χ2v) is 6.67. The van der Waals surface area contributed by atoms with Crippen LogP contribution in [-0.2, 0) is 4.79 Å². The van der Waals surface area contributed by atoms with Crippen LogP contribution in [0.3, 0.4) is 0 Å². The zero-order chi connectivity index (χ0) is 18.1. The second-order valence-electron chi connectivity index (χ2n) is 6.67. The first-order valence-corrected chi connectivity index (χ1v) is 9.32. The molecular formula is C23H28O2. The fraction of sp³-hybridized carbons (Fsp3) is 0.391. The van der Waals surface area contributed by atoms with E-state index in [2.05, 4.69) is 31.2 Å². The Labute approximate surface area is 151 Å². The number of hydrogen-bond donors (Lipinski definition) is 0. The average molecular weight is 336 g/mol. The van der Waals surface area contributed by atoms with E-state index in [1.165, 1.54) is 11.1 Å². The molecular weight excluding hydrogens is 308 g/mol. The lowest BCUT2D eigenvalue weighted by molar-refractivity contribution is -0.118. The third-order valence-corrected chi connectivity index (χ3v) is 4.60. The van der Waals surface area contributed by atoms with Gasteiger partial charge in [-0.15, -0.1) is 0 Å². The average Bonchev–Trinajstić information content (AvgIpc) is 2.65. The third kappa shape index (κ3) is 6.30. The van der Waals surface area contributed by atoms with Crippen LogP contribution >= 0.6 is 0 Å². The Morgan fingerprint density at radius 3 is 1.80 bits per heavy atom. The molecule has 0 amide bonds. The number of unbranched alkanes of at least 4 members (excludes halogenated alkanes) is 3. The lowest BCUT2D eigenvalue weighted by atomic mass is 9.99. The van der Waals surface area contributed by atoms with Crippen molar-refractivity contribution in [1.29, 1.82) is 0 Å². The van der Waals surface area contributed by atoms with E-state index in [1.807, 2.05) is 31.2 Å². The van der Waals surface area contributed by atoms with Gasteiger partial charge in [0.05, 0.1) is 0 Å². The number of Topliss-reactive ketones (excluding diaryl/α,β-unsaturated/α-hetero) is 2. The van der Waals surface area contributed by atoms with E-state index in [0.717, 1.165) is 36.8 Å². The normalized spacial score (nSPS) is 10.6. The van der Waals surface area contributed by atoms with E-state index in [0.29, 0.717) is 25.0 Å². The molecule has 25 heavy (non-hydrogen) atoms. The molecule has 0 heterocycles. The summed E-state index contributed by atoms with van der Waals surface area (Å²) >= 11 is 0. The Kier molecular flexibility index (Phi) is 7.59. The summed E-state index contributed by atoms with van der Waals surface area (Å²) in [6.45, 7) is 3.98. The Bertz CT molecular complexity index is 681. The number of hydrogen-bond acceptors (Lipinski definition) is 2. The molecule has 0 atom stereocenters. The van der Waals surface area contributed by atoms with E-state index >= 15 is 0 Å². The summed E-state index contributed by atoms with van der Waals surface area (Å²) in [6, 6.07) is 16.3. The first kappa shape index (κ1) is 19.1. The quantitative estimate of drug-likeness (QED) is 0.384. The highest BCUT2D eigenvalue weighted by molar-refractivity contribution is 5.96. The maximum atomic E-state index is 12.3. The lowest BCUT2D eigenvalue weighted by Gasteiger charge is -2.05. The van der Waals surface area contributed by atoms with Crippen molar-refractivity contribution < 1.29 is 9.59 Å². The number of benzene rings is 2. The van der Waals surface area contributed by atoms with Gasteiger partial charge in [-0.3, -0.25) is 9.59 Å². The molecule has 0 aromatic heterocycles. The van der Waals surface area contributed by atoms with Crippen molar-refractivity contribution in [2.45, 2.75) is 58.8 Å². The molecule has 0 aliphatic carbocycles. The predicted octanol–water partition coefficient (Wildman–Crippen LogP) is 6.16. The number of rotatable bonds is 10. The maximum Gasteiger partial charge on any atom is 0.162 e. The Morgan fingerprint density at radius 1 is 0.720 bits per heavy atom. The van der Waals surface area contributed by atoms with Crippen LogP contribution in [0.15, 0.2) is 48.5 Å². The van der Waals surface area contributed by atoms with E-state index in [1.54, 1.807) is 0 Å². The van der Waals surface area contributed by atoms with Crippen molar-refractivity contribution in [3.05, 3.63) is 59.7 Å². The molecule has 0 radical (unpaired) electrons. The number of ketones is 2. The highest BCUT2D eigenvalue weighted by Crippen LogP contribution is 2.21. The van der Waals surface area contributed by atoms with Gasteiger partial charge < -0.3 is 0 Å². The third-order valence-electron chi connectivity index (χ3n) is 4.60. The van der Waals surface area contributed by atoms with Crippen molar-refractivity contribution in [2.75, 3.05) is 0 Å². The van der Waals surface area contributed by atoms with E-state index < -0.39 is 0 Å². The zero-order valence-corrected chi connectivity index (χ0v) is 15.4. The summed E-state index contributed by atoms with van der Waals surface area (Å²) in [4.78, 5) is 23.5. The lowest BCUT2D eigenvalue weighted by Crippen LogP contribution is -1.99. The Hall–Kier alpha value is -2.22. The summed E-state index contributed by atoms with van der Waals surface area (Å²) in [5, 5.41) is 0. The molecule has 2 rings (SSSR count). The van der Waals surface area contributed by atoms with E-state index in [9.17, 15) is 9.59 Å². The maximum absolute atomic E-state index is 12.3. The van der Waals surface area contributed by atoms with Gasteiger partial charge in [0.1, 0.15) is 5.78 Å². The van der Waals surface area contributed by atoms with Gasteiger partial charge in [-0.2, -0.15) is 0 Å². The summed E-state index contributed by atoms with van der Waals surface area (Å²) in [7, 11) is 0. The molecule has 0 aliphatic heterocycles. The minimum atomic E-state index is 0.208. The topological polar surface area (TPSA) is 34.1 Å². The van der Waals surface area contributed by atoms with Crippen LogP contribution in [0.1, 0.15) is 67.8 Å². The monoisotopic (exact) mass is 336 g/mol. The molecule has 2 aromatic rings. The van der Waals surface area contributed by atoms with Gasteiger partial charge in [-0.05, 0) is 30.9 Å². The van der Waals surface area contributed by atoms with Crippen LogP contribution in [-0.4, -0.2) is 11.6 Å². The molecule has 2 heteroatoms. The van der Waals surface area contributed by atoms with Gasteiger partial charge in [0.15, 0.2) is 5.78 Å². The van der Waals surface area contributed by atoms with Crippen molar-refractivity contribution in [3.63, 3.8) is 0 Å². The molecule has 0 unspecified atom stereocenters. The van der Waals surface area contributed by atoms with Crippen LogP contribution < -0.4 is 0 Å². The highest BCUT2D eigenvalue weighted by atomic mass is 16.1. The molecule has 132 valence electrons. The standard InChI is InChI=1S/C23H28O2/c1-3-22(24)8-6-4-5-7-9-23(25)21-16-14-20(15-17-21)19-12-10-18(2)11-13-19/h10-17H,3-9H2,1-2H3. The second kappa shape index (κ2) is 9.93. The summed E-state index contributed by atoms with van der Waals surface area (Å²) in [5.74, 6) is 0.546. The van der Waals surface area contributed by atoms with Crippen molar-refractivity contribution in [2.24, 2.45) is 0 Å². The van der Waals surface area contributed by atoms with Gasteiger partial charge in [-0.25, -0.2) is 0 Å². The molecule has 0 N–H and O–H groups in total. The minimum absolute atomic E-state index is 0.208. The van der Waals surface area contributed by atoms with Gasteiger partial charge in [-0.1, -0.05) is 73.9 Å². The van der Waals surface area contributed by atoms with Crippen LogP contribution in [0.25, 0.3) is 11.1 Å². The minimum Gasteiger partial charge on any atom is -0.300 e. The zero-order valence-electron chi connectivity index (χ0n) is 15.4. The van der Waals surface area contributed by atoms with Crippen LogP contribution in [0, 0.1) is 6.92 Å². The van der Waals surface area contributed by atoms with E-state index in [-0.39, 0.29) is 5.78 Å². The van der Waals surface area contributed by atoms with Crippen LogP contribution in [0.4, 0.5) is 0 Å². The highest BCUT2D eigenvalue weighted by Gasteiger charge is 2.06. The summed E-state index contributed by atoms with van der Waals surface area (Å²) in [5.41, 5.74) is 4.34. The Morgan fingerprint density at radius 2 is 1.24 bits per heavy atom. The fourth-order valence-corrected chi connectivity index (χ4v) is 2.88. The Balaban J connectivity index is 1.76. The van der Waals surface area contributed by atoms with Gasteiger partial charge in [0.2, 0.25) is 0 Å². The van der Waals surface area contributed by atoms with Crippen molar-refractivity contribution >= 4 is 11.6 Å². The number of aryl methyl sites for hydroxylation is 1. The number of carbonyl (C=O) groups excluding carboxylic acids is 2. The van der Waals surface area contributed by atoms with Gasteiger partial charge in [0.25, 0.3) is 0 Å². The molecule has 2 nitrogen and oxygen atoms in total. The van der Waals surface area contributed by atoms with Crippen LogP contribution in [0.5, 0.6) is 0 Å².